The Bertz CT molecular complexity index is 2690. The lowest BCUT2D eigenvalue weighted by Gasteiger charge is -2.29. The van der Waals surface area contributed by atoms with Crippen molar-refractivity contribution < 1.29 is 38.2 Å². The zero-order valence-electron chi connectivity index (χ0n) is 42.3. The number of rotatable bonds is 24. The summed E-state index contributed by atoms with van der Waals surface area (Å²) in [5.41, 5.74) is 17.5. The summed E-state index contributed by atoms with van der Waals surface area (Å²) in [5.74, 6) is -1.91. The van der Waals surface area contributed by atoms with Gasteiger partial charge in [-0.2, -0.15) is 0 Å². The molecular weight excluding hydrogens is 943 g/mol. The molecule has 0 spiro atoms. The Balaban J connectivity index is 1.11. The molecule has 0 unspecified atom stereocenters. The Labute approximate surface area is 432 Å². The number of fused-ring (bicyclic) bond motifs is 1. The lowest BCUT2D eigenvalue weighted by Crippen LogP contribution is -2.58. The molecular formula is C55H71N11O8. The number of carbonyl (C=O) groups excluding carboxylic acids is 5. The van der Waals surface area contributed by atoms with Crippen molar-refractivity contribution in [3.05, 3.63) is 114 Å². The number of para-hydroxylation sites is 1. The maximum atomic E-state index is 14.8. The highest BCUT2D eigenvalue weighted by atomic mass is 16.5. The van der Waals surface area contributed by atoms with Crippen molar-refractivity contribution in [3.8, 4) is 22.6 Å². The number of amides is 5. The van der Waals surface area contributed by atoms with Crippen molar-refractivity contribution in [2.45, 2.75) is 88.5 Å². The van der Waals surface area contributed by atoms with Gasteiger partial charge in [-0.1, -0.05) is 61.0 Å². The largest absolute Gasteiger partial charge is 0.497 e. The maximum absolute atomic E-state index is 14.8. The summed E-state index contributed by atoms with van der Waals surface area (Å²) in [6.45, 7) is 3.84. The molecule has 1 saturated heterocycles. The third kappa shape index (κ3) is 15.8. The molecule has 5 aromatic rings. The summed E-state index contributed by atoms with van der Waals surface area (Å²) < 4.78 is 16.6. The number of methoxy groups -OCH3 is 2. The van der Waals surface area contributed by atoms with Crippen LogP contribution >= 0.6 is 0 Å². The monoisotopic (exact) mass is 1010 g/mol. The summed E-state index contributed by atoms with van der Waals surface area (Å²) in [6.07, 6.45) is 5.68. The van der Waals surface area contributed by atoms with E-state index in [4.69, 9.17) is 31.1 Å². The highest BCUT2D eigenvalue weighted by Gasteiger charge is 2.33. The average Bonchev–Trinajstić information content (AvgIpc) is 3.81. The number of benzene rings is 4. The van der Waals surface area contributed by atoms with Gasteiger partial charge in [0.2, 0.25) is 29.5 Å². The quantitative estimate of drug-likeness (QED) is 0.0240. The summed E-state index contributed by atoms with van der Waals surface area (Å²) >= 11 is 0. The number of nitrogens with two attached hydrogens (primary N) is 2. The SMILES string of the molecule is COc1ccc2[nH]cc(C[C@H](NC(=O)[C@H]3CCC[C@H](N)C3)C(=O)N[C@@H](Cc3ccc(-c4ccccc4OC)cc3)C(=O)N[C@@H](CCCCNC(=N)N)C(=O)NCC(=O)Nc3ccc(CN4CCOCC4)cc3)c2c1. The third-order valence-electron chi connectivity index (χ3n) is 13.6. The summed E-state index contributed by atoms with van der Waals surface area (Å²) in [5, 5.41) is 25.5. The number of nitrogens with one attached hydrogen (secondary N) is 8. The van der Waals surface area contributed by atoms with E-state index >= 15 is 0 Å². The normalized spacial score (nSPS) is 17.0. The van der Waals surface area contributed by atoms with E-state index in [1.54, 1.807) is 20.4 Å². The lowest BCUT2D eigenvalue weighted by molar-refractivity contribution is -0.134. The van der Waals surface area contributed by atoms with E-state index < -0.39 is 47.7 Å². The highest BCUT2D eigenvalue weighted by Crippen LogP contribution is 2.30. The van der Waals surface area contributed by atoms with Gasteiger partial charge in [0.25, 0.3) is 0 Å². The number of hydrogen-bond donors (Lipinski definition) is 10. The van der Waals surface area contributed by atoms with Crippen molar-refractivity contribution in [2.75, 3.05) is 58.9 Å². The molecule has 0 bridgehead atoms. The van der Waals surface area contributed by atoms with Crippen LogP contribution in [0.2, 0.25) is 0 Å². The highest BCUT2D eigenvalue weighted by molar-refractivity contribution is 5.98. The Kier molecular flexibility index (Phi) is 19.8. The number of unbranched alkanes of at least 4 members (excludes halogenated alkanes) is 1. The standard InChI is InChI=1S/C55H71N11O8/c1-72-42-21-22-45-44(31-42)39(32-60-45)30-48(64-51(68)38-8-7-9-40(56)29-38)54(71)65-47(28-35-13-17-37(18-14-35)43-10-3-4-12-49(43)73-2)53(70)63-46(11-5-6-23-59-55(57)58)52(69)61-33-50(67)62-41-19-15-36(16-20-41)34-66-24-26-74-27-25-66/h3-4,10,12-22,31-32,38,40,46-48,60H,5-9,11,23-30,33-34,56H2,1-2H3,(H,61,69)(H,62,67)(H,63,70)(H,64,68)(H,65,71)(H4,57,58,59)/t38-,40-,46-,47-,48-/m0/s1. The van der Waals surface area contributed by atoms with E-state index in [0.29, 0.717) is 68.2 Å². The number of carbonyl (C=O) groups is 5. The molecule has 1 aliphatic heterocycles. The number of aromatic nitrogens is 1. The first-order valence-corrected chi connectivity index (χ1v) is 25.4. The van der Waals surface area contributed by atoms with Crippen molar-refractivity contribution in [1.82, 2.24) is 36.5 Å². The molecule has 74 heavy (non-hydrogen) atoms. The summed E-state index contributed by atoms with van der Waals surface area (Å²) in [4.78, 5) is 76.4. The van der Waals surface area contributed by atoms with Crippen LogP contribution in [0.25, 0.3) is 22.0 Å². The molecule has 19 nitrogen and oxygen atoms in total. The molecule has 5 atom stereocenters. The topological polar surface area (TPSA) is 280 Å². The van der Waals surface area contributed by atoms with Gasteiger partial charge in [-0.15, -0.1) is 0 Å². The van der Waals surface area contributed by atoms with E-state index in [1.165, 1.54) is 0 Å². The molecule has 19 heteroatoms. The number of aromatic amines is 1. The smallest absolute Gasteiger partial charge is 0.243 e. The molecule has 2 aliphatic rings. The predicted octanol–water partition coefficient (Wildman–Crippen LogP) is 3.85. The predicted molar refractivity (Wildman–Crippen MR) is 284 cm³/mol. The van der Waals surface area contributed by atoms with Gasteiger partial charge < -0.3 is 62.6 Å². The summed E-state index contributed by atoms with van der Waals surface area (Å²) in [6, 6.07) is 24.6. The maximum Gasteiger partial charge on any atom is 0.243 e. The molecule has 12 N–H and O–H groups in total. The second kappa shape index (κ2) is 27.0. The van der Waals surface area contributed by atoms with Gasteiger partial charge >= 0.3 is 0 Å². The number of nitrogens with zero attached hydrogens (tertiary/aromatic N) is 1. The van der Waals surface area contributed by atoms with E-state index in [0.717, 1.165) is 65.6 Å². The Hall–Kier alpha value is -7.48. The van der Waals surface area contributed by atoms with E-state index in [-0.39, 0.29) is 43.7 Å². The molecule has 1 saturated carbocycles. The van der Waals surface area contributed by atoms with Gasteiger partial charge in [0.15, 0.2) is 5.96 Å². The van der Waals surface area contributed by atoms with Gasteiger partial charge in [0.05, 0.1) is 34.0 Å². The van der Waals surface area contributed by atoms with E-state index in [9.17, 15) is 24.0 Å². The molecule has 5 amide bonds. The minimum absolute atomic E-state index is 0.0106. The van der Waals surface area contributed by atoms with Gasteiger partial charge in [-0.25, -0.2) is 0 Å². The minimum Gasteiger partial charge on any atom is -0.497 e. The number of guanidine groups is 1. The average molecular weight is 1010 g/mol. The number of ether oxygens (including phenoxy) is 3. The van der Waals surface area contributed by atoms with Crippen LogP contribution in [0.4, 0.5) is 5.69 Å². The van der Waals surface area contributed by atoms with E-state index in [2.05, 4.69) is 41.8 Å². The lowest BCUT2D eigenvalue weighted by atomic mass is 9.85. The van der Waals surface area contributed by atoms with Crippen LogP contribution < -0.4 is 52.8 Å². The number of anilines is 1. The molecule has 7 rings (SSSR count). The van der Waals surface area contributed by atoms with Crippen LogP contribution in [0.15, 0.2) is 97.2 Å². The molecule has 4 aromatic carbocycles. The first kappa shape index (κ1) is 54.3. The van der Waals surface area contributed by atoms with E-state index in [1.807, 2.05) is 91.0 Å². The van der Waals surface area contributed by atoms with Crippen molar-refractivity contribution >= 4 is 52.1 Å². The number of hydrogen-bond acceptors (Lipinski definition) is 11. The molecule has 1 aromatic heterocycles. The first-order chi connectivity index (χ1) is 35.8. The zero-order valence-corrected chi connectivity index (χ0v) is 42.3. The van der Waals surface area contributed by atoms with Crippen LogP contribution in [-0.4, -0.2) is 123 Å². The van der Waals surface area contributed by atoms with Crippen LogP contribution in [0.5, 0.6) is 11.5 Å². The fourth-order valence-electron chi connectivity index (χ4n) is 9.50. The fraction of sp³-hybridized carbons (Fsp3) is 0.418. The first-order valence-electron chi connectivity index (χ1n) is 25.4. The Morgan fingerprint density at radius 2 is 1.51 bits per heavy atom. The van der Waals surface area contributed by atoms with Crippen LogP contribution in [0.1, 0.15) is 61.6 Å². The molecule has 0 radical (unpaired) electrons. The van der Waals surface area contributed by atoms with Crippen molar-refractivity contribution in [3.63, 3.8) is 0 Å². The Morgan fingerprint density at radius 3 is 2.23 bits per heavy atom. The fourth-order valence-corrected chi connectivity index (χ4v) is 9.50. The van der Waals surface area contributed by atoms with Crippen LogP contribution in [0.3, 0.4) is 0 Å². The molecule has 1 aliphatic carbocycles. The molecule has 2 heterocycles. The molecule has 394 valence electrons. The Morgan fingerprint density at radius 1 is 0.797 bits per heavy atom. The van der Waals surface area contributed by atoms with Gasteiger partial charge in [0, 0.05) is 79.3 Å². The van der Waals surface area contributed by atoms with Gasteiger partial charge in [-0.05, 0) is 97.2 Å². The second-order valence-corrected chi connectivity index (χ2v) is 19.0. The molecule has 2 fully saturated rings. The summed E-state index contributed by atoms with van der Waals surface area (Å²) in [7, 11) is 3.17. The van der Waals surface area contributed by atoms with Crippen LogP contribution in [-0.2, 0) is 48.1 Å². The zero-order chi connectivity index (χ0) is 52.4. The minimum atomic E-state index is -1.24. The van der Waals surface area contributed by atoms with Crippen LogP contribution in [0, 0.1) is 11.3 Å². The number of H-pyrrole nitrogens is 1. The van der Waals surface area contributed by atoms with Crippen molar-refractivity contribution in [2.24, 2.45) is 17.4 Å². The third-order valence-corrected chi connectivity index (χ3v) is 13.6. The van der Waals surface area contributed by atoms with Gasteiger partial charge in [-0.3, -0.25) is 34.3 Å². The number of morpholine rings is 1. The van der Waals surface area contributed by atoms with Crippen molar-refractivity contribution in [1.29, 1.82) is 5.41 Å². The second-order valence-electron chi connectivity index (χ2n) is 19.0. The van der Waals surface area contributed by atoms with Gasteiger partial charge in [0.1, 0.15) is 29.6 Å².